The molecular weight excluding hydrogens is 350 g/mol. The lowest BCUT2D eigenvalue weighted by molar-refractivity contribution is 0.0563. The SMILES string of the molecule is CC(C)(C)OC(=O)NC(=N)c1ccc(OCCCCBr)cn1. The molecule has 1 amide bonds. The first-order chi connectivity index (χ1) is 10.3. The number of aromatic nitrogens is 1. The van der Waals surface area contributed by atoms with Gasteiger partial charge in [-0.25, -0.2) is 9.78 Å². The maximum Gasteiger partial charge on any atom is 0.413 e. The molecule has 0 saturated heterocycles. The first kappa shape index (κ1) is 18.4. The van der Waals surface area contributed by atoms with Crippen LogP contribution in [0.3, 0.4) is 0 Å². The molecule has 1 aromatic rings. The number of alkyl halides is 1. The molecule has 1 aromatic heterocycles. The summed E-state index contributed by atoms with van der Waals surface area (Å²) >= 11 is 3.36. The van der Waals surface area contributed by atoms with Gasteiger partial charge >= 0.3 is 6.09 Å². The molecule has 0 saturated carbocycles. The van der Waals surface area contributed by atoms with Crippen molar-refractivity contribution in [2.45, 2.75) is 39.2 Å². The van der Waals surface area contributed by atoms with Crippen LogP contribution in [-0.4, -0.2) is 34.5 Å². The second kappa shape index (κ2) is 8.73. The third kappa shape index (κ3) is 7.40. The fourth-order valence-corrected chi connectivity index (χ4v) is 1.87. The van der Waals surface area contributed by atoms with Gasteiger partial charge in [0, 0.05) is 5.33 Å². The number of hydrogen-bond donors (Lipinski definition) is 2. The molecule has 1 rings (SSSR count). The van der Waals surface area contributed by atoms with Crippen molar-refractivity contribution in [2.75, 3.05) is 11.9 Å². The zero-order chi connectivity index (χ0) is 16.6. The van der Waals surface area contributed by atoms with Crippen LogP contribution in [0.4, 0.5) is 4.79 Å². The van der Waals surface area contributed by atoms with Gasteiger partial charge in [0.15, 0.2) is 5.84 Å². The number of ether oxygens (including phenoxy) is 2. The number of rotatable bonds is 6. The Hall–Kier alpha value is -1.63. The van der Waals surface area contributed by atoms with Gasteiger partial charge in [0.25, 0.3) is 0 Å². The van der Waals surface area contributed by atoms with E-state index in [0.29, 0.717) is 18.1 Å². The third-order valence-electron chi connectivity index (χ3n) is 2.42. The lowest BCUT2D eigenvalue weighted by atomic mass is 10.2. The Bertz CT molecular complexity index is 498. The first-order valence-corrected chi connectivity index (χ1v) is 8.18. The van der Waals surface area contributed by atoms with Crippen molar-refractivity contribution in [3.63, 3.8) is 0 Å². The molecule has 0 unspecified atom stereocenters. The Balaban J connectivity index is 2.48. The van der Waals surface area contributed by atoms with Gasteiger partial charge in [-0.05, 0) is 45.7 Å². The fraction of sp³-hybridized carbons (Fsp3) is 0.533. The molecule has 1 heterocycles. The summed E-state index contributed by atoms with van der Waals surface area (Å²) < 4.78 is 10.6. The fourth-order valence-electron chi connectivity index (χ4n) is 1.47. The van der Waals surface area contributed by atoms with Gasteiger partial charge in [-0.1, -0.05) is 15.9 Å². The van der Waals surface area contributed by atoms with Crippen molar-refractivity contribution in [3.8, 4) is 5.75 Å². The highest BCUT2D eigenvalue weighted by molar-refractivity contribution is 9.09. The number of nitrogens with one attached hydrogen (secondary N) is 2. The van der Waals surface area contributed by atoms with E-state index >= 15 is 0 Å². The standard InChI is InChI=1S/C15H22BrN3O3/c1-15(2,3)22-14(20)19-13(17)12-7-6-11(10-18-12)21-9-5-4-8-16/h6-7,10H,4-5,8-9H2,1-3H3,(H2,17,19,20). The van der Waals surface area contributed by atoms with E-state index in [1.54, 1.807) is 32.9 Å². The van der Waals surface area contributed by atoms with E-state index in [1.165, 1.54) is 6.20 Å². The van der Waals surface area contributed by atoms with Gasteiger partial charge in [-0.3, -0.25) is 10.7 Å². The van der Waals surface area contributed by atoms with Crippen molar-refractivity contribution in [1.29, 1.82) is 5.41 Å². The first-order valence-electron chi connectivity index (χ1n) is 7.05. The second-order valence-electron chi connectivity index (χ2n) is 5.63. The summed E-state index contributed by atoms with van der Waals surface area (Å²) in [5.41, 5.74) is -0.261. The number of carbonyl (C=O) groups excluding carboxylic acids is 1. The Labute approximate surface area is 139 Å². The summed E-state index contributed by atoms with van der Waals surface area (Å²) in [5, 5.41) is 11.1. The number of amides is 1. The number of amidine groups is 1. The number of hydrogen-bond acceptors (Lipinski definition) is 5. The minimum atomic E-state index is -0.672. The van der Waals surface area contributed by atoms with Crippen LogP contribution >= 0.6 is 15.9 Å². The Morgan fingerprint density at radius 3 is 2.64 bits per heavy atom. The van der Waals surface area contributed by atoms with Gasteiger partial charge in [-0.15, -0.1) is 0 Å². The molecule has 6 nitrogen and oxygen atoms in total. The molecule has 22 heavy (non-hydrogen) atoms. The molecule has 0 radical (unpaired) electrons. The molecule has 0 fully saturated rings. The molecule has 0 aliphatic carbocycles. The maximum atomic E-state index is 11.6. The van der Waals surface area contributed by atoms with Crippen LogP contribution in [-0.2, 0) is 4.74 Å². The average Bonchev–Trinajstić information content (AvgIpc) is 2.42. The number of alkyl carbamates (subject to hydrolysis) is 1. The highest BCUT2D eigenvalue weighted by Gasteiger charge is 2.17. The highest BCUT2D eigenvalue weighted by atomic mass is 79.9. The van der Waals surface area contributed by atoms with Crippen LogP contribution in [0.1, 0.15) is 39.3 Å². The number of halogens is 1. The van der Waals surface area contributed by atoms with E-state index in [0.717, 1.165) is 18.2 Å². The summed E-state index contributed by atoms with van der Waals surface area (Å²) in [6.45, 7) is 5.91. The lowest BCUT2D eigenvalue weighted by Crippen LogP contribution is -2.36. The van der Waals surface area contributed by atoms with E-state index in [2.05, 4.69) is 26.2 Å². The van der Waals surface area contributed by atoms with Crippen LogP contribution in [0.25, 0.3) is 0 Å². The summed E-state index contributed by atoms with van der Waals surface area (Å²) in [6.07, 6.45) is 2.88. The Morgan fingerprint density at radius 1 is 1.36 bits per heavy atom. The quantitative estimate of drug-likeness (QED) is 0.347. The minimum Gasteiger partial charge on any atom is -0.492 e. The minimum absolute atomic E-state index is 0.111. The number of carbonyl (C=O) groups is 1. The van der Waals surface area contributed by atoms with E-state index in [4.69, 9.17) is 14.9 Å². The summed E-state index contributed by atoms with van der Waals surface area (Å²) in [5.74, 6) is 0.531. The van der Waals surface area contributed by atoms with Crippen LogP contribution in [0.15, 0.2) is 18.3 Å². The monoisotopic (exact) mass is 371 g/mol. The molecule has 7 heteroatoms. The number of unbranched alkanes of at least 4 members (excludes halogenated alkanes) is 1. The summed E-state index contributed by atoms with van der Waals surface area (Å²) in [6, 6.07) is 3.35. The molecule has 0 atom stereocenters. The van der Waals surface area contributed by atoms with Crippen molar-refractivity contribution in [1.82, 2.24) is 10.3 Å². The van der Waals surface area contributed by atoms with E-state index in [1.807, 2.05) is 0 Å². The van der Waals surface area contributed by atoms with Gasteiger partial charge in [-0.2, -0.15) is 0 Å². The largest absolute Gasteiger partial charge is 0.492 e. The number of pyridine rings is 1. The topological polar surface area (TPSA) is 84.3 Å². The van der Waals surface area contributed by atoms with Crippen LogP contribution in [0, 0.1) is 5.41 Å². The average molecular weight is 372 g/mol. The van der Waals surface area contributed by atoms with E-state index < -0.39 is 11.7 Å². The van der Waals surface area contributed by atoms with Gasteiger partial charge in [0.1, 0.15) is 17.0 Å². The van der Waals surface area contributed by atoms with E-state index in [9.17, 15) is 4.79 Å². The Kier molecular flexibility index (Phi) is 7.31. The number of nitrogens with zero attached hydrogens (tertiary/aromatic N) is 1. The summed E-state index contributed by atoms with van der Waals surface area (Å²) in [7, 11) is 0. The zero-order valence-corrected chi connectivity index (χ0v) is 14.7. The van der Waals surface area contributed by atoms with E-state index in [-0.39, 0.29) is 5.84 Å². The second-order valence-corrected chi connectivity index (χ2v) is 6.42. The smallest absolute Gasteiger partial charge is 0.413 e. The van der Waals surface area contributed by atoms with Crippen molar-refractivity contribution >= 4 is 27.9 Å². The predicted octanol–water partition coefficient (Wildman–Crippen LogP) is 3.49. The maximum absolute atomic E-state index is 11.6. The molecule has 0 spiro atoms. The molecule has 0 aliphatic heterocycles. The zero-order valence-electron chi connectivity index (χ0n) is 13.1. The molecule has 122 valence electrons. The van der Waals surface area contributed by atoms with Crippen molar-refractivity contribution in [2.24, 2.45) is 0 Å². The molecule has 0 aliphatic rings. The van der Waals surface area contributed by atoms with Gasteiger partial charge < -0.3 is 9.47 Å². The molecule has 0 aromatic carbocycles. The molecule has 0 bridgehead atoms. The lowest BCUT2D eigenvalue weighted by Gasteiger charge is -2.19. The van der Waals surface area contributed by atoms with Crippen LogP contribution in [0.5, 0.6) is 5.75 Å². The molecule has 2 N–H and O–H groups in total. The summed E-state index contributed by atoms with van der Waals surface area (Å²) in [4.78, 5) is 15.7. The Morgan fingerprint density at radius 2 is 2.09 bits per heavy atom. The van der Waals surface area contributed by atoms with Crippen LogP contribution < -0.4 is 10.1 Å². The highest BCUT2D eigenvalue weighted by Crippen LogP contribution is 2.11. The normalized spacial score (nSPS) is 10.9. The molecular formula is C15H22BrN3O3. The van der Waals surface area contributed by atoms with Crippen molar-refractivity contribution < 1.29 is 14.3 Å². The van der Waals surface area contributed by atoms with Crippen molar-refractivity contribution in [3.05, 3.63) is 24.0 Å². The van der Waals surface area contributed by atoms with Crippen LogP contribution in [0.2, 0.25) is 0 Å². The van der Waals surface area contributed by atoms with Gasteiger partial charge in [0.05, 0.1) is 12.8 Å². The third-order valence-corrected chi connectivity index (χ3v) is 2.98. The van der Waals surface area contributed by atoms with Gasteiger partial charge in [0.2, 0.25) is 0 Å². The predicted molar refractivity (Wildman–Crippen MR) is 89.0 cm³/mol.